The Bertz CT molecular complexity index is 1960. The molecular formula is C33H29F3N4O4S. The number of anilines is 1. The van der Waals surface area contributed by atoms with Crippen LogP contribution in [0.3, 0.4) is 0 Å². The Morgan fingerprint density at radius 1 is 0.978 bits per heavy atom. The number of alkyl halides is 3. The van der Waals surface area contributed by atoms with Crippen molar-refractivity contribution in [3.63, 3.8) is 0 Å². The quantitative estimate of drug-likeness (QED) is 0.256. The number of fused-ring (bicyclic) bond motifs is 6. The zero-order valence-corrected chi connectivity index (χ0v) is 25.4. The summed E-state index contributed by atoms with van der Waals surface area (Å²) in [5.74, 6) is -0.691. The first-order chi connectivity index (χ1) is 21.3. The molecule has 8 nitrogen and oxygen atoms in total. The highest BCUT2D eigenvalue weighted by Gasteiger charge is 2.50. The van der Waals surface area contributed by atoms with E-state index in [1.807, 2.05) is 43.9 Å². The third-order valence-electron chi connectivity index (χ3n) is 9.03. The van der Waals surface area contributed by atoms with Crippen LogP contribution in [0.25, 0.3) is 11.3 Å². The topological polar surface area (TPSA) is 101 Å². The lowest BCUT2D eigenvalue weighted by atomic mass is 9.89. The van der Waals surface area contributed by atoms with Crippen molar-refractivity contribution in [3.8, 4) is 17.1 Å². The smallest absolute Gasteiger partial charge is 0.416 e. The van der Waals surface area contributed by atoms with Crippen molar-refractivity contribution in [1.29, 1.82) is 0 Å². The molecule has 3 aliphatic rings. The van der Waals surface area contributed by atoms with E-state index in [0.29, 0.717) is 23.2 Å². The van der Waals surface area contributed by atoms with E-state index in [4.69, 9.17) is 4.74 Å². The molecule has 8 bridgehead atoms. The molecule has 12 heteroatoms. The van der Waals surface area contributed by atoms with Gasteiger partial charge in [-0.25, -0.2) is 18.1 Å². The van der Waals surface area contributed by atoms with Gasteiger partial charge in [-0.15, -0.1) is 0 Å². The third kappa shape index (κ3) is 5.05. The summed E-state index contributed by atoms with van der Waals surface area (Å²) in [6, 6.07) is 15.6. The van der Waals surface area contributed by atoms with E-state index in [1.54, 1.807) is 12.1 Å². The lowest BCUT2D eigenvalue weighted by molar-refractivity contribution is -0.137. The number of nitrogens with zero attached hydrogens (tertiary/aromatic N) is 3. The van der Waals surface area contributed by atoms with Crippen molar-refractivity contribution in [3.05, 3.63) is 100 Å². The van der Waals surface area contributed by atoms with Crippen LogP contribution in [0.15, 0.2) is 71.6 Å². The maximum atomic E-state index is 14.0. The zero-order chi connectivity index (χ0) is 31.8. The molecule has 0 spiro atoms. The number of carbonyl (C=O) groups is 1. The average molecular weight is 635 g/mol. The second-order valence-corrected chi connectivity index (χ2v) is 13.7. The van der Waals surface area contributed by atoms with E-state index in [2.05, 4.69) is 14.7 Å². The Morgan fingerprint density at radius 3 is 2.44 bits per heavy atom. The van der Waals surface area contributed by atoms with Gasteiger partial charge in [-0.1, -0.05) is 43.3 Å². The van der Waals surface area contributed by atoms with Crippen LogP contribution in [-0.4, -0.2) is 41.2 Å². The molecule has 3 aromatic carbocycles. The molecule has 0 aliphatic carbocycles. The number of hydrogen-bond acceptors (Lipinski definition) is 7. The standard InChI is InChI=1S/C33H29F3N4O4S/c1-17-6-4-7-18(2)28(17)25-15-27-38-32(37-25)39-45(42,43)23-9-5-8-20(14-23)30(41)29-19(3)12-26-31(44-27)24-11-10-22(33(34,35)36)13-21(24)16-40(26)29/h4-11,13-15,19,26,29,31H,12,16H2,1-3H3,(H,37,38,39)/t19?,26-,29?,31+/m1/s1. The van der Waals surface area contributed by atoms with E-state index in [9.17, 15) is 26.4 Å². The first kappa shape index (κ1) is 29.4. The number of rotatable bonds is 1. The number of Topliss-reactive ketones (excluding diaryl/α,β-unsaturated/α-hetero) is 1. The van der Waals surface area contributed by atoms with Gasteiger partial charge in [0.15, 0.2) is 5.78 Å². The molecule has 1 saturated heterocycles. The number of carbonyl (C=O) groups excluding carboxylic acids is 1. The van der Waals surface area contributed by atoms with Crippen LogP contribution in [-0.2, 0) is 22.7 Å². The molecule has 0 radical (unpaired) electrons. The van der Waals surface area contributed by atoms with E-state index < -0.39 is 33.9 Å². The summed E-state index contributed by atoms with van der Waals surface area (Å²) >= 11 is 0. The molecule has 3 aliphatic heterocycles. The van der Waals surface area contributed by atoms with E-state index >= 15 is 0 Å². The lowest BCUT2D eigenvalue weighted by Gasteiger charge is -2.40. The van der Waals surface area contributed by atoms with Gasteiger partial charge in [0, 0.05) is 23.7 Å². The number of benzene rings is 3. The molecule has 4 heterocycles. The fourth-order valence-corrected chi connectivity index (χ4v) is 8.01. The monoisotopic (exact) mass is 634 g/mol. The van der Waals surface area contributed by atoms with Gasteiger partial charge in [0.1, 0.15) is 6.10 Å². The summed E-state index contributed by atoms with van der Waals surface area (Å²) in [5, 5.41) is 0. The molecule has 232 valence electrons. The van der Waals surface area contributed by atoms with E-state index in [-0.39, 0.29) is 46.6 Å². The van der Waals surface area contributed by atoms with Crippen molar-refractivity contribution in [2.45, 2.75) is 63.0 Å². The van der Waals surface area contributed by atoms with Crippen LogP contribution in [0.1, 0.15) is 57.6 Å². The Labute approximate surface area is 258 Å². The summed E-state index contributed by atoms with van der Waals surface area (Å²) in [6.45, 7) is 5.85. The van der Waals surface area contributed by atoms with Crippen LogP contribution >= 0.6 is 0 Å². The predicted molar refractivity (Wildman–Crippen MR) is 160 cm³/mol. The average Bonchev–Trinajstić information content (AvgIpc) is 3.30. The maximum Gasteiger partial charge on any atom is 0.416 e. The van der Waals surface area contributed by atoms with Crippen molar-refractivity contribution < 1.29 is 31.1 Å². The number of ketones is 1. The largest absolute Gasteiger partial charge is 0.468 e. The van der Waals surface area contributed by atoms with Crippen LogP contribution in [0.2, 0.25) is 0 Å². The maximum absolute atomic E-state index is 14.0. The molecule has 5 atom stereocenters. The first-order valence-electron chi connectivity index (χ1n) is 14.6. The highest BCUT2D eigenvalue weighted by atomic mass is 32.2. The molecule has 1 N–H and O–H groups in total. The molecule has 7 rings (SSSR count). The molecule has 0 saturated carbocycles. The van der Waals surface area contributed by atoms with Gasteiger partial charge in [-0.05, 0) is 72.7 Å². The summed E-state index contributed by atoms with van der Waals surface area (Å²) in [6.07, 6.45) is -4.82. The second-order valence-electron chi connectivity index (χ2n) is 12.0. The van der Waals surface area contributed by atoms with Gasteiger partial charge in [0.05, 0.1) is 28.2 Å². The Balaban J connectivity index is 1.47. The predicted octanol–water partition coefficient (Wildman–Crippen LogP) is 6.49. The third-order valence-corrected chi connectivity index (χ3v) is 10.4. The highest BCUT2D eigenvalue weighted by molar-refractivity contribution is 7.92. The number of nitrogens with one attached hydrogen (secondary N) is 1. The molecule has 0 amide bonds. The number of sulfonamides is 1. The van der Waals surface area contributed by atoms with Gasteiger partial charge in [-0.2, -0.15) is 18.2 Å². The molecule has 1 aromatic heterocycles. The Morgan fingerprint density at radius 2 is 1.71 bits per heavy atom. The van der Waals surface area contributed by atoms with Gasteiger partial charge in [0.25, 0.3) is 10.0 Å². The number of aryl methyl sites for hydroxylation is 2. The molecule has 3 unspecified atom stereocenters. The highest BCUT2D eigenvalue weighted by Crippen LogP contribution is 2.47. The summed E-state index contributed by atoms with van der Waals surface area (Å²) in [7, 11) is -4.23. The number of ether oxygens (including phenoxy) is 1. The minimum atomic E-state index is -4.55. The normalized spacial score (nSPS) is 25.0. The molecule has 1 fully saturated rings. The summed E-state index contributed by atoms with van der Waals surface area (Å²) in [4.78, 5) is 24.8. The first-order valence-corrected chi connectivity index (χ1v) is 16.0. The van der Waals surface area contributed by atoms with Crippen LogP contribution in [0.5, 0.6) is 5.88 Å². The number of hydrogen-bond donors (Lipinski definition) is 1. The summed E-state index contributed by atoms with van der Waals surface area (Å²) < 4.78 is 77.6. The van der Waals surface area contributed by atoms with Gasteiger partial charge in [0.2, 0.25) is 11.8 Å². The fourth-order valence-electron chi connectivity index (χ4n) is 7.02. The van der Waals surface area contributed by atoms with Crippen LogP contribution < -0.4 is 9.46 Å². The van der Waals surface area contributed by atoms with E-state index in [0.717, 1.165) is 28.8 Å². The fraction of sp³-hybridized carbons (Fsp3) is 0.303. The zero-order valence-electron chi connectivity index (χ0n) is 24.6. The molecule has 4 aromatic rings. The van der Waals surface area contributed by atoms with Crippen molar-refractivity contribution in [1.82, 2.24) is 14.9 Å². The van der Waals surface area contributed by atoms with Gasteiger partial charge < -0.3 is 4.74 Å². The second kappa shape index (κ2) is 10.4. The van der Waals surface area contributed by atoms with Crippen molar-refractivity contribution >= 4 is 21.8 Å². The van der Waals surface area contributed by atoms with Crippen LogP contribution in [0, 0.1) is 19.8 Å². The Hall–Kier alpha value is -4.29. The molecular weight excluding hydrogens is 605 g/mol. The molecule has 45 heavy (non-hydrogen) atoms. The summed E-state index contributed by atoms with van der Waals surface area (Å²) in [5.41, 5.74) is 3.36. The van der Waals surface area contributed by atoms with E-state index in [1.165, 1.54) is 24.3 Å². The lowest BCUT2D eigenvalue weighted by Crippen LogP contribution is -2.48. The van der Waals surface area contributed by atoms with Crippen molar-refractivity contribution in [2.75, 3.05) is 4.72 Å². The van der Waals surface area contributed by atoms with Gasteiger partial charge in [-0.3, -0.25) is 9.69 Å². The van der Waals surface area contributed by atoms with Crippen LogP contribution in [0.4, 0.5) is 19.1 Å². The SMILES string of the molecule is Cc1cccc(C)c1-c1cc2nc(n1)NS(=O)(=O)c1cccc(c1)C(=O)C1C(C)C[C@@H]3[C@@H](O2)c2ccc(C(F)(F)F)cc2CN13. The number of aromatic nitrogens is 2. The van der Waals surface area contributed by atoms with Crippen molar-refractivity contribution in [2.24, 2.45) is 5.92 Å². The minimum Gasteiger partial charge on any atom is -0.468 e. The Kier molecular flexibility index (Phi) is 6.79. The van der Waals surface area contributed by atoms with Gasteiger partial charge >= 0.3 is 6.18 Å². The minimum absolute atomic E-state index is 0.0475. The number of halogens is 3.